The maximum Gasteiger partial charge on any atom is 0.246 e. The molecule has 154 valence electrons. The van der Waals surface area contributed by atoms with Crippen LogP contribution in [0.4, 0.5) is 0 Å². The van der Waals surface area contributed by atoms with Crippen LogP contribution in [0.25, 0.3) is 0 Å². The van der Waals surface area contributed by atoms with Crippen molar-refractivity contribution in [2.24, 2.45) is 0 Å². The fourth-order valence-corrected chi connectivity index (χ4v) is 2.83. The molecule has 28 heavy (non-hydrogen) atoms. The zero-order chi connectivity index (χ0) is 20.8. The second kappa shape index (κ2) is 13.5. The maximum absolute atomic E-state index is 12.4. The van der Waals surface area contributed by atoms with E-state index in [0.29, 0.717) is 19.5 Å². The van der Waals surface area contributed by atoms with Crippen molar-refractivity contribution in [3.63, 3.8) is 0 Å². The normalized spacial score (nSPS) is 12.2. The average Bonchev–Trinajstić information content (AvgIpc) is 2.67. The minimum Gasteiger partial charge on any atom is -0.354 e. The predicted octanol–water partition coefficient (Wildman–Crippen LogP) is 2.49. The summed E-state index contributed by atoms with van der Waals surface area (Å²) in [4.78, 5) is 35.6. The molecule has 0 radical (unpaired) electrons. The summed E-state index contributed by atoms with van der Waals surface area (Å²) in [5.74, 6) is -0.451. The van der Waals surface area contributed by atoms with E-state index >= 15 is 0 Å². The minimum atomic E-state index is -0.550. The summed E-state index contributed by atoms with van der Waals surface area (Å²) in [6.07, 6.45) is 5.48. The Morgan fingerprint density at radius 3 is 2.36 bits per heavy atom. The number of rotatable bonds is 12. The van der Waals surface area contributed by atoms with Crippen LogP contribution in [0.2, 0.25) is 0 Å². The van der Waals surface area contributed by atoms with E-state index in [1.807, 2.05) is 43.3 Å². The van der Waals surface area contributed by atoms with Crippen LogP contribution >= 0.6 is 0 Å². The molecule has 0 aliphatic rings. The Balaban J connectivity index is 2.34. The Kier molecular flexibility index (Phi) is 11.3. The van der Waals surface area contributed by atoms with Crippen molar-refractivity contribution in [3.8, 4) is 0 Å². The third-order valence-electron chi connectivity index (χ3n) is 4.32. The summed E-state index contributed by atoms with van der Waals surface area (Å²) in [5, 5.41) is 8.48. The highest BCUT2D eigenvalue weighted by atomic mass is 16.2. The number of hydrogen-bond donors (Lipinski definition) is 3. The lowest BCUT2D eigenvalue weighted by molar-refractivity contribution is -0.128. The first-order valence-corrected chi connectivity index (χ1v) is 9.97. The number of benzene rings is 1. The van der Waals surface area contributed by atoms with E-state index in [1.54, 1.807) is 6.92 Å². The van der Waals surface area contributed by atoms with Crippen LogP contribution in [0.15, 0.2) is 42.0 Å². The molecule has 3 N–H and O–H groups in total. The van der Waals surface area contributed by atoms with Crippen molar-refractivity contribution >= 4 is 17.7 Å². The summed E-state index contributed by atoms with van der Waals surface area (Å²) >= 11 is 0. The molecule has 1 atom stereocenters. The highest BCUT2D eigenvalue weighted by molar-refractivity contribution is 5.92. The van der Waals surface area contributed by atoms with Crippen molar-refractivity contribution in [1.29, 1.82) is 0 Å². The van der Waals surface area contributed by atoms with Crippen LogP contribution in [0.3, 0.4) is 0 Å². The smallest absolute Gasteiger partial charge is 0.246 e. The number of nitrogens with one attached hydrogen (secondary N) is 3. The molecular weight excluding hydrogens is 354 g/mol. The van der Waals surface area contributed by atoms with E-state index in [9.17, 15) is 14.4 Å². The van der Waals surface area contributed by atoms with E-state index in [1.165, 1.54) is 6.92 Å². The molecule has 0 heterocycles. The lowest BCUT2D eigenvalue weighted by atomic mass is 10.1. The topological polar surface area (TPSA) is 87.3 Å². The van der Waals surface area contributed by atoms with Crippen molar-refractivity contribution in [1.82, 2.24) is 16.0 Å². The Labute approximate surface area is 168 Å². The van der Waals surface area contributed by atoms with Gasteiger partial charge in [-0.1, -0.05) is 43.3 Å². The van der Waals surface area contributed by atoms with Gasteiger partial charge in [-0.05, 0) is 44.6 Å². The third-order valence-corrected chi connectivity index (χ3v) is 4.32. The van der Waals surface area contributed by atoms with Crippen LogP contribution in [-0.4, -0.2) is 36.9 Å². The molecule has 0 saturated heterocycles. The molecule has 0 bridgehead atoms. The minimum absolute atomic E-state index is 0.0566. The number of amides is 3. The number of carbonyl (C=O) groups is 3. The highest BCUT2D eigenvalue weighted by Gasteiger charge is 2.18. The lowest BCUT2D eigenvalue weighted by Crippen LogP contribution is -2.46. The van der Waals surface area contributed by atoms with Gasteiger partial charge in [0, 0.05) is 25.6 Å². The zero-order valence-electron chi connectivity index (χ0n) is 17.2. The monoisotopic (exact) mass is 387 g/mol. The van der Waals surface area contributed by atoms with Crippen LogP contribution < -0.4 is 16.0 Å². The van der Waals surface area contributed by atoms with E-state index in [-0.39, 0.29) is 17.7 Å². The van der Waals surface area contributed by atoms with Gasteiger partial charge in [-0.15, -0.1) is 0 Å². The molecule has 0 saturated carbocycles. The van der Waals surface area contributed by atoms with Gasteiger partial charge in [0.2, 0.25) is 17.7 Å². The SMILES string of the molecule is CCC=C(C)C(=O)NCCCC[C@H](NC(C)=O)C(=O)NCCc1ccccc1. The Bertz CT molecular complexity index is 656. The first kappa shape index (κ1) is 23.4. The summed E-state index contributed by atoms with van der Waals surface area (Å²) in [6, 6.07) is 9.38. The summed E-state index contributed by atoms with van der Waals surface area (Å²) in [6.45, 7) is 6.27. The lowest BCUT2D eigenvalue weighted by Gasteiger charge is -2.17. The van der Waals surface area contributed by atoms with Gasteiger partial charge in [-0.3, -0.25) is 14.4 Å². The van der Waals surface area contributed by atoms with Gasteiger partial charge in [-0.2, -0.15) is 0 Å². The molecule has 0 aliphatic carbocycles. The Hall–Kier alpha value is -2.63. The predicted molar refractivity (Wildman–Crippen MR) is 112 cm³/mol. The van der Waals surface area contributed by atoms with E-state index in [4.69, 9.17) is 0 Å². The summed E-state index contributed by atoms with van der Waals surface area (Å²) in [5.41, 5.74) is 1.87. The standard InChI is InChI=1S/C22H33N3O3/c1-4-10-17(2)21(27)23-15-9-8-13-20(25-18(3)26)22(28)24-16-14-19-11-6-5-7-12-19/h5-7,10-12,20H,4,8-9,13-16H2,1-3H3,(H,23,27)(H,24,28)(H,25,26)/t20-/m0/s1. The fourth-order valence-electron chi connectivity index (χ4n) is 2.83. The van der Waals surface area contributed by atoms with Crippen molar-refractivity contribution in [2.45, 2.75) is 58.9 Å². The second-order valence-electron chi connectivity index (χ2n) is 6.83. The number of hydrogen-bond acceptors (Lipinski definition) is 3. The average molecular weight is 388 g/mol. The van der Waals surface area contributed by atoms with E-state index in [0.717, 1.165) is 36.8 Å². The molecule has 1 aromatic rings. The Morgan fingerprint density at radius 1 is 1.00 bits per heavy atom. The Morgan fingerprint density at radius 2 is 1.71 bits per heavy atom. The maximum atomic E-state index is 12.4. The van der Waals surface area contributed by atoms with Gasteiger partial charge < -0.3 is 16.0 Å². The number of allylic oxidation sites excluding steroid dienone is 1. The zero-order valence-corrected chi connectivity index (χ0v) is 17.2. The van der Waals surface area contributed by atoms with E-state index in [2.05, 4.69) is 16.0 Å². The summed E-state index contributed by atoms with van der Waals surface area (Å²) in [7, 11) is 0. The quantitative estimate of drug-likeness (QED) is 0.380. The molecule has 6 heteroatoms. The molecule has 6 nitrogen and oxygen atoms in total. The van der Waals surface area contributed by atoms with E-state index < -0.39 is 6.04 Å². The first-order chi connectivity index (χ1) is 13.4. The molecule has 0 aliphatic heterocycles. The molecule has 0 aromatic heterocycles. The van der Waals surface area contributed by atoms with Gasteiger partial charge in [0.15, 0.2) is 0 Å². The van der Waals surface area contributed by atoms with Crippen molar-refractivity contribution < 1.29 is 14.4 Å². The van der Waals surface area contributed by atoms with Crippen LogP contribution in [-0.2, 0) is 20.8 Å². The second-order valence-corrected chi connectivity index (χ2v) is 6.83. The van der Waals surface area contributed by atoms with Crippen molar-refractivity contribution in [3.05, 3.63) is 47.5 Å². The largest absolute Gasteiger partial charge is 0.354 e. The third kappa shape index (κ3) is 9.90. The van der Waals surface area contributed by atoms with Crippen LogP contribution in [0, 0.1) is 0 Å². The molecule has 0 spiro atoms. The molecule has 0 fully saturated rings. The summed E-state index contributed by atoms with van der Waals surface area (Å²) < 4.78 is 0. The van der Waals surface area contributed by atoms with Crippen LogP contribution in [0.1, 0.15) is 52.0 Å². The molecule has 0 unspecified atom stereocenters. The van der Waals surface area contributed by atoms with Gasteiger partial charge in [0.05, 0.1) is 0 Å². The number of unbranched alkanes of at least 4 members (excludes halogenated alkanes) is 1. The van der Waals surface area contributed by atoms with Gasteiger partial charge in [0.1, 0.15) is 6.04 Å². The number of carbonyl (C=O) groups excluding carboxylic acids is 3. The van der Waals surface area contributed by atoms with Crippen LogP contribution in [0.5, 0.6) is 0 Å². The van der Waals surface area contributed by atoms with Gasteiger partial charge in [0.25, 0.3) is 0 Å². The fraction of sp³-hybridized carbons (Fsp3) is 0.500. The highest BCUT2D eigenvalue weighted by Crippen LogP contribution is 2.03. The molecule has 1 aromatic carbocycles. The molecular formula is C22H33N3O3. The van der Waals surface area contributed by atoms with Gasteiger partial charge in [-0.25, -0.2) is 0 Å². The van der Waals surface area contributed by atoms with Crippen molar-refractivity contribution in [2.75, 3.05) is 13.1 Å². The molecule has 3 amide bonds. The van der Waals surface area contributed by atoms with Gasteiger partial charge >= 0.3 is 0 Å². The first-order valence-electron chi connectivity index (χ1n) is 9.97. The molecule has 1 rings (SSSR count).